The number of aromatic nitrogens is 2. The summed E-state index contributed by atoms with van der Waals surface area (Å²) in [6.45, 7) is 6.08. The molecule has 1 aromatic rings. The van der Waals surface area contributed by atoms with Gasteiger partial charge >= 0.3 is 11.7 Å². The molecule has 1 atom stereocenters. The minimum Gasteiger partial charge on any atom is -0.481 e. The van der Waals surface area contributed by atoms with Crippen LogP contribution >= 0.6 is 0 Å². The number of hydrogen-bond donors (Lipinski definition) is 1. The van der Waals surface area contributed by atoms with Crippen LogP contribution in [0.5, 0.6) is 0 Å². The lowest BCUT2D eigenvalue weighted by atomic mass is 9.85. The Morgan fingerprint density at radius 2 is 2.10 bits per heavy atom. The van der Waals surface area contributed by atoms with E-state index in [4.69, 9.17) is 5.11 Å². The number of rotatable bonds is 5. The summed E-state index contributed by atoms with van der Waals surface area (Å²) < 4.78 is 1.72. The molecule has 1 N–H and O–H groups in total. The number of aliphatic carboxylic acids is 1. The fourth-order valence-corrected chi connectivity index (χ4v) is 2.68. The molecule has 1 aliphatic carbocycles. The summed E-state index contributed by atoms with van der Waals surface area (Å²) in [7, 11) is 0. The van der Waals surface area contributed by atoms with Gasteiger partial charge in [-0.2, -0.15) is 4.98 Å². The van der Waals surface area contributed by atoms with E-state index < -0.39 is 11.9 Å². The maximum Gasteiger partial charge on any atom is 0.347 e. The van der Waals surface area contributed by atoms with E-state index in [9.17, 15) is 9.59 Å². The summed E-state index contributed by atoms with van der Waals surface area (Å²) in [5.74, 6) is -0.718. The lowest BCUT2D eigenvalue weighted by Gasteiger charge is -2.27. The molecule has 0 saturated heterocycles. The van der Waals surface area contributed by atoms with E-state index in [1.54, 1.807) is 18.4 Å². The molecular formula is C15H22N2O3. The first kappa shape index (κ1) is 14.8. The second kappa shape index (κ2) is 5.77. The number of aryl methyl sites for hydroxylation is 1. The lowest BCUT2D eigenvalue weighted by molar-refractivity contribution is -0.141. The smallest absolute Gasteiger partial charge is 0.347 e. The summed E-state index contributed by atoms with van der Waals surface area (Å²) in [6.07, 6.45) is 3.99. The molecule has 1 saturated carbocycles. The fraction of sp³-hybridized carbons (Fsp3) is 0.667. The second-order valence-electron chi connectivity index (χ2n) is 5.89. The van der Waals surface area contributed by atoms with Crippen LogP contribution in [0.4, 0.5) is 0 Å². The van der Waals surface area contributed by atoms with Crippen LogP contribution in [0.25, 0.3) is 0 Å². The molecule has 0 amide bonds. The summed E-state index contributed by atoms with van der Waals surface area (Å²) in [4.78, 5) is 27.1. The molecule has 1 aromatic heterocycles. The van der Waals surface area contributed by atoms with E-state index in [-0.39, 0.29) is 5.69 Å². The molecule has 5 heteroatoms. The minimum absolute atomic E-state index is 0.210. The molecule has 0 aromatic carbocycles. The summed E-state index contributed by atoms with van der Waals surface area (Å²) in [5.41, 5.74) is 2.23. The highest BCUT2D eigenvalue weighted by atomic mass is 16.4. The van der Waals surface area contributed by atoms with Gasteiger partial charge in [0.1, 0.15) is 0 Å². The number of nitrogens with zero attached hydrogens (tertiary/aromatic N) is 2. The van der Waals surface area contributed by atoms with Crippen LogP contribution in [0.15, 0.2) is 4.79 Å². The van der Waals surface area contributed by atoms with Crippen molar-refractivity contribution in [2.24, 2.45) is 11.8 Å². The Balaban J connectivity index is 2.33. The average molecular weight is 278 g/mol. The monoisotopic (exact) mass is 278 g/mol. The van der Waals surface area contributed by atoms with Crippen LogP contribution in [0.2, 0.25) is 0 Å². The second-order valence-corrected chi connectivity index (χ2v) is 5.89. The summed E-state index contributed by atoms with van der Waals surface area (Å²) in [6, 6.07) is 0. The Kier molecular flexibility index (Phi) is 4.26. The van der Waals surface area contributed by atoms with Gasteiger partial charge in [-0.3, -0.25) is 9.36 Å². The van der Waals surface area contributed by atoms with E-state index in [1.165, 1.54) is 19.3 Å². The zero-order valence-corrected chi connectivity index (χ0v) is 12.3. The largest absolute Gasteiger partial charge is 0.481 e. The number of carbonyl (C=O) groups is 1. The van der Waals surface area contributed by atoms with Crippen LogP contribution in [0.3, 0.4) is 0 Å². The molecule has 1 fully saturated rings. The van der Waals surface area contributed by atoms with Crippen molar-refractivity contribution in [3.8, 4) is 0 Å². The molecule has 0 radical (unpaired) electrons. The third-order valence-electron chi connectivity index (χ3n) is 4.37. The Morgan fingerprint density at radius 1 is 1.45 bits per heavy atom. The highest BCUT2D eigenvalue weighted by molar-refractivity contribution is 5.70. The van der Waals surface area contributed by atoms with Gasteiger partial charge in [0.15, 0.2) is 0 Å². The van der Waals surface area contributed by atoms with Crippen molar-refractivity contribution in [1.29, 1.82) is 0 Å². The van der Waals surface area contributed by atoms with Crippen molar-refractivity contribution in [3.05, 3.63) is 27.4 Å². The first-order chi connectivity index (χ1) is 9.40. The van der Waals surface area contributed by atoms with Gasteiger partial charge in [-0.15, -0.1) is 0 Å². The van der Waals surface area contributed by atoms with Crippen LogP contribution < -0.4 is 5.69 Å². The molecule has 0 bridgehead atoms. The summed E-state index contributed by atoms with van der Waals surface area (Å²) >= 11 is 0. The molecule has 1 heterocycles. The van der Waals surface area contributed by atoms with Gasteiger partial charge in [-0.05, 0) is 44.6 Å². The first-order valence-corrected chi connectivity index (χ1v) is 7.20. The SMILES string of the molecule is Cc1nc(=O)n(CC2CCC2)c(C)c1CC(C)C(=O)O. The van der Waals surface area contributed by atoms with Crippen molar-refractivity contribution in [1.82, 2.24) is 9.55 Å². The van der Waals surface area contributed by atoms with E-state index in [2.05, 4.69) is 4.98 Å². The van der Waals surface area contributed by atoms with Gasteiger partial charge in [0.25, 0.3) is 0 Å². The summed E-state index contributed by atoms with van der Waals surface area (Å²) in [5, 5.41) is 9.05. The predicted molar refractivity (Wildman–Crippen MR) is 75.8 cm³/mol. The van der Waals surface area contributed by atoms with Gasteiger partial charge in [-0.25, -0.2) is 4.79 Å². The van der Waals surface area contributed by atoms with Crippen molar-refractivity contribution in [2.45, 2.75) is 53.0 Å². The number of carboxylic acid groups (broad SMARTS) is 1. The van der Waals surface area contributed by atoms with E-state index in [0.29, 0.717) is 24.6 Å². The molecule has 5 nitrogen and oxygen atoms in total. The van der Waals surface area contributed by atoms with Crippen LogP contribution in [0, 0.1) is 25.7 Å². The third-order valence-corrected chi connectivity index (χ3v) is 4.37. The molecule has 1 aliphatic rings. The first-order valence-electron chi connectivity index (χ1n) is 7.20. The third kappa shape index (κ3) is 2.92. The van der Waals surface area contributed by atoms with E-state index in [1.807, 2.05) is 6.92 Å². The maximum absolute atomic E-state index is 12.0. The van der Waals surface area contributed by atoms with E-state index in [0.717, 1.165) is 11.3 Å². The number of carboxylic acids is 1. The lowest BCUT2D eigenvalue weighted by Crippen LogP contribution is -2.32. The Labute approximate surface area is 118 Å². The average Bonchev–Trinajstić information content (AvgIpc) is 2.31. The van der Waals surface area contributed by atoms with Crippen LogP contribution in [0.1, 0.15) is 43.1 Å². The number of hydrogen-bond acceptors (Lipinski definition) is 3. The zero-order chi connectivity index (χ0) is 14.9. The predicted octanol–water partition coefficient (Wildman–Crippen LogP) is 1.92. The van der Waals surface area contributed by atoms with Crippen molar-refractivity contribution >= 4 is 5.97 Å². The van der Waals surface area contributed by atoms with Gasteiger partial charge in [0.05, 0.1) is 5.92 Å². The Bertz CT molecular complexity index is 573. The van der Waals surface area contributed by atoms with Crippen LogP contribution in [-0.4, -0.2) is 20.6 Å². The van der Waals surface area contributed by atoms with Crippen molar-refractivity contribution < 1.29 is 9.90 Å². The molecular weight excluding hydrogens is 256 g/mol. The Hall–Kier alpha value is -1.65. The zero-order valence-electron chi connectivity index (χ0n) is 12.3. The maximum atomic E-state index is 12.0. The highest BCUT2D eigenvalue weighted by Gasteiger charge is 2.22. The molecule has 0 aliphatic heterocycles. The molecule has 20 heavy (non-hydrogen) atoms. The topological polar surface area (TPSA) is 72.2 Å². The fourth-order valence-electron chi connectivity index (χ4n) is 2.68. The quantitative estimate of drug-likeness (QED) is 0.893. The normalized spacial score (nSPS) is 16.8. The van der Waals surface area contributed by atoms with Gasteiger partial charge in [0, 0.05) is 17.9 Å². The Morgan fingerprint density at radius 3 is 2.60 bits per heavy atom. The highest BCUT2D eigenvalue weighted by Crippen LogP contribution is 2.28. The van der Waals surface area contributed by atoms with Crippen molar-refractivity contribution in [3.63, 3.8) is 0 Å². The molecule has 1 unspecified atom stereocenters. The van der Waals surface area contributed by atoms with Crippen molar-refractivity contribution in [2.75, 3.05) is 0 Å². The standard InChI is InChI=1S/C15H22N2O3/c1-9(14(18)19)7-13-10(2)16-15(20)17(11(13)3)8-12-5-4-6-12/h9,12H,4-8H2,1-3H3,(H,18,19). The van der Waals surface area contributed by atoms with Gasteiger partial charge in [0.2, 0.25) is 0 Å². The molecule has 0 spiro atoms. The van der Waals surface area contributed by atoms with Crippen LogP contribution in [-0.2, 0) is 17.8 Å². The van der Waals surface area contributed by atoms with E-state index >= 15 is 0 Å². The minimum atomic E-state index is -0.819. The van der Waals surface area contributed by atoms with Gasteiger partial charge < -0.3 is 5.11 Å². The molecule has 2 rings (SSSR count). The van der Waals surface area contributed by atoms with Gasteiger partial charge in [-0.1, -0.05) is 13.3 Å². The molecule has 110 valence electrons.